The molecule has 0 aliphatic carbocycles. The Hall–Kier alpha value is -1.33. The fourth-order valence-corrected chi connectivity index (χ4v) is 2.06. The zero-order chi connectivity index (χ0) is 8.55. The van der Waals surface area contributed by atoms with Crippen LogP contribution in [0, 0.1) is 18.3 Å². The molecule has 0 N–H and O–H groups in total. The van der Waals surface area contributed by atoms with Crippen molar-refractivity contribution in [1.82, 2.24) is 0 Å². The first kappa shape index (κ1) is 7.33. The third-order valence-corrected chi connectivity index (χ3v) is 2.80. The van der Waals surface area contributed by atoms with Crippen LogP contribution < -0.4 is 0 Å². The largest absolute Gasteiger partial charge is 0.192 e. The van der Waals surface area contributed by atoms with Gasteiger partial charge in [-0.2, -0.15) is 5.26 Å². The molecule has 0 spiro atoms. The number of thiophene rings is 1. The Morgan fingerprint density at radius 3 is 2.92 bits per heavy atom. The maximum absolute atomic E-state index is 8.67. The Labute approximate surface area is 74.9 Å². The monoisotopic (exact) mass is 173 g/mol. The van der Waals surface area contributed by atoms with E-state index in [1.54, 1.807) is 11.3 Å². The van der Waals surface area contributed by atoms with E-state index in [1.807, 2.05) is 6.07 Å². The number of hydrogen-bond acceptors (Lipinski definition) is 2. The molecule has 12 heavy (non-hydrogen) atoms. The van der Waals surface area contributed by atoms with E-state index in [1.165, 1.54) is 15.6 Å². The van der Waals surface area contributed by atoms with Crippen LogP contribution in [0.25, 0.3) is 10.1 Å². The molecule has 0 aliphatic heterocycles. The van der Waals surface area contributed by atoms with Crippen molar-refractivity contribution in [3.05, 3.63) is 34.7 Å². The summed E-state index contributed by atoms with van der Waals surface area (Å²) in [5.41, 5.74) is 1.24. The molecule has 2 aromatic rings. The van der Waals surface area contributed by atoms with Crippen molar-refractivity contribution in [3.63, 3.8) is 0 Å². The van der Waals surface area contributed by atoms with Crippen LogP contribution in [0.2, 0.25) is 0 Å². The maximum Gasteiger partial charge on any atom is 0.110 e. The quantitative estimate of drug-likeness (QED) is 0.600. The van der Waals surface area contributed by atoms with Crippen LogP contribution in [-0.2, 0) is 0 Å². The highest BCUT2D eigenvalue weighted by Crippen LogP contribution is 2.25. The second kappa shape index (κ2) is 2.62. The molecule has 0 atom stereocenters. The smallest absolute Gasteiger partial charge is 0.110 e. The zero-order valence-electron chi connectivity index (χ0n) is 6.66. The fourth-order valence-electron chi connectivity index (χ4n) is 1.22. The zero-order valence-corrected chi connectivity index (χ0v) is 7.48. The number of benzene rings is 1. The predicted molar refractivity (Wildman–Crippen MR) is 51.3 cm³/mol. The van der Waals surface area contributed by atoms with Gasteiger partial charge >= 0.3 is 0 Å². The lowest BCUT2D eigenvalue weighted by molar-refractivity contribution is 1.51. The van der Waals surface area contributed by atoms with E-state index in [9.17, 15) is 0 Å². The molecule has 1 nitrogen and oxygen atoms in total. The molecule has 0 fully saturated rings. The maximum atomic E-state index is 8.67. The molecule has 0 aliphatic rings. The van der Waals surface area contributed by atoms with Crippen LogP contribution >= 0.6 is 11.3 Å². The molecule has 0 bridgehead atoms. The summed E-state index contributed by atoms with van der Waals surface area (Å²) in [7, 11) is 0. The molecule has 0 saturated heterocycles. The van der Waals surface area contributed by atoms with Gasteiger partial charge in [-0.15, -0.1) is 11.3 Å². The molecule has 0 radical (unpaired) electrons. The van der Waals surface area contributed by atoms with Crippen molar-refractivity contribution in [1.29, 1.82) is 5.26 Å². The van der Waals surface area contributed by atoms with E-state index in [2.05, 4.69) is 31.2 Å². The predicted octanol–water partition coefficient (Wildman–Crippen LogP) is 3.08. The highest BCUT2D eigenvalue weighted by Gasteiger charge is 1.99. The first-order valence-corrected chi connectivity index (χ1v) is 4.51. The normalized spacial score (nSPS) is 10.0. The standard InChI is InChI=1S/C10H7NS/c1-7-2-3-10-8(4-7)5-9(6-11)12-10/h2-5H,1H3. The van der Waals surface area contributed by atoms with Crippen molar-refractivity contribution in [2.75, 3.05) is 0 Å². The van der Waals surface area contributed by atoms with Crippen molar-refractivity contribution in [2.24, 2.45) is 0 Å². The summed E-state index contributed by atoms with van der Waals surface area (Å²) in [6.45, 7) is 2.06. The van der Waals surface area contributed by atoms with Crippen LogP contribution in [0.15, 0.2) is 24.3 Å². The van der Waals surface area contributed by atoms with E-state index in [0.717, 1.165) is 4.88 Å². The van der Waals surface area contributed by atoms with Gasteiger partial charge in [-0.3, -0.25) is 0 Å². The Morgan fingerprint density at radius 2 is 2.17 bits per heavy atom. The third kappa shape index (κ3) is 1.09. The van der Waals surface area contributed by atoms with E-state index in [-0.39, 0.29) is 0 Å². The van der Waals surface area contributed by atoms with E-state index in [4.69, 9.17) is 5.26 Å². The van der Waals surface area contributed by atoms with Crippen molar-refractivity contribution >= 4 is 21.4 Å². The minimum atomic E-state index is 0.788. The number of aryl methyl sites for hydroxylation is 1. The minimum Gasteiger partial charge on any atom is -0.192 e. The second-order valence-corrected chi connectivity index (χ2v) is 3.85. The molecule has 1 aromatic heterocycles. The van der Waals surface area contributed by atoms with Gasteiger partial charge in [-0.1, -0.05) is 17.7 Å². The lowest BCUT2D eigenvalue weighted by Crippen LogP contribution is -1.67. The number of fused-ring (bicyclic) bond motifs is 1. The Morgan fingerprint density at radius 1 is 1.33 bits per heavy atom. The first-order valence-electron chi connectivity index (χ1n) is 3.70. The summed E-state index contributed by atoms with van der Waals surface area (Å²) in [6, 6.07) is 10.3. The topological polar surface area (TPSA) is 23.8 Å². The molecule has 58 valence electrons. The van der Waals surface area contributed by atoms with Gasteiger partial charge in [-0.25, -0.2) is 0 Å². The molecular formula is C10H7NS. The molecule has 2 rings (SSSR count). The summed E-state index contributed by atoms with van der Waals surface area (Å²) in [5.74, 6) is 0. The molecule has 1 aromatic carbocycles. The van der Waals surface area contributed by atoms with E-state index in [0.29, 0.717) is 0 Å². The highest BCUT2D eigenvalue weighted by molar-refractivity contribution is 7.19. The van der Waals surface area contributed by atoms with Crippen molar-refractivity contribution < 1.29 is 0 Å². The van der Waals surface area contributed by atoms with Crippen LogP contribution in [0.1, 0.15) is 10.4 Å². The summed E-state index contributed by atoms with van der Waals surface area (Å²) in [4.78, 5) is 0.788. The van der Waals surface area contributed by atoms with Gasteiger partial charge in [-0.05, 0) is 24.4 Å². The average molecular weight is 173 g/mol. The first-order chi connectivity index (χ1) is 5.79. The lowest BCUT2D eigenvalue weighted by atomic mass is 10.2. The molecule has 1 heterocycles. The summed E-state index contributed by atoms with van der Waals surface area (Å²) in [6.07, 6.45) is 0. The molecule has 2 heteroatoms. The third-order valence-electron chi connectivity index (χ3n) is 1.78. The van der Waals surface area contributed by atoms with Crippen LogP contribution in [0.5, 0.6) is 0 Å². The van der Waals surface area contributed by atoms with Gasteiger partial charge in [0.15, 0.2) is 0 Å². The number of hydrogen-bond donors (Lipinski definition) is 0. The summed E-state index contributed by atoms with van der Waals surface area (Å²) >= 11 is 1.54. The van der Waals surface area contributed by atoms with Gasteiger partial charge in [0, 0.05) is 4.70 Å². The highest BCUT2D eigenvalue weighted by atomic mass is 32.1. The second-order valence-electron chi connectivity index (χ2n) is 2.76. The SMILES string of the molecule is Cc1ccc2sc(C#N)cc2c1. The van der Waals surface area contributed by atoms with Crippen LogP contribution in [0.4, 0.5) is 0 Å². The van der Waals surface area contributed by atoms with Crippen LogP contribution in [-0.4, -0.2) is 0 Å². The molecule has 0 saturated carbocycles. The van der Waals surface area contributed by atoms with Gasteiger partial charge in [0.1, 0.15) is 10.9 Å². The number of rotatable bonds is 0. The Bertz CT molecular complexity index is 462. The van der Waals surface area contributed by atoms with Gasteiger partial charge in [0.2, 0.25) is 0 Å². The minimum absolute atomic E-state index is 0.788. The van der Waals surface area contributed by atoms with Crippen molar-refractivity contribution in [3.8, 4) is 6.07 Å². The number of nitriles is 1. The van der Waals surface area contributed by atoms with E-state index < -0.39 is 0 Å². The molecule has 0 unspecified atom stereocenters. The van der Waals surface area contributed by atoms with Crippen molar-refractivity contribution in [2.45, 2.75) is 6.92 Å². The van der Waals surface area contributed by atoms with Gasteiger partial charge in [0.05, 0.1) is 0 Å². The van der Waals surface area contributed by atoms with E-state index >= 15 is 0 Å². The molecule has 0 amide bonds. The summed E-state index contributed by atoms with van der Waals surface area (Å²) < 4.78 is 1.19. The number of nitrogens with zero attached hydrogens (tertiary/aromatic N) is 1. The Kier molecular flexibility index (Phi) is 1.60. The molecular weight excluding hydrogens is 166 g/mol. The fraction of sp³-hybridized carbons (Fsp3) is 0.100. The summed E-state index contributed by atoms with van der Waals surface area (Å²) in [5, 5.41) is 9.85. The Balaban J connectivity index is 2.77. The lowest BCUT2D eigenvalue weighted by Gasteiger charge is -1.89. The van der Waals surface area contributed by atoms with Gasteiger partial charge in [0.25, 0.3) is 0 Å². The van der Waals surface area contributed by atoms with Gasteiger partial charge < -0.3 is 0 Å². The van der Waals surface area contributed by atoms with Crippen LogP contribution in [0.3, 0.4) is 0 Å². The average Bonchev–Trinajstić information content (AvgIpc) is 2.46.